The van der Waals surface area contributed by atoms with E-state index in [9.17, 15) is 27.2 Å². The molecule has 2 heterocycles. The van der Waals surface area contributed by atoms with Gasteiger partial charge in [-0.15, -0.1) is 0 Å². The topological polar surface area (TPSA) is 63.2 Å². The number of likely N-dealkylation sites (tertiary alicyclic amines) is 1. The molecule has 1 amide bonds. The number of hydrogen-bond acceptors (Lipinski definition) is 4. The Morgan fingerprint density at radius 2 is 2.00 bits per heavy atom. The van der Waals surface area contributed by atoms with Crippen LogP contribution in [0.3, 0.4) is 0 Å². The number of amides is 1. The highest BCUT2D eigenvalue weighted by Gasteiger charge is 2.48. The van der Waals surface area contributed by atoms with Crippen LogP contribution in [0.15, 0.2) is 24.4 Å². The standard InChI is InChI=1S/C19H17F4N3O2/c1-11-24-8-12(9-27)18(25-11)14-5-6-26(10-19(14,22)23)17(28)7-13-15(20)3-2-4-16(13)21/h2-4,8-9,14H,5-7,10H2,1H3. The van der Waals surface area contributed by atoms with Crippen LogP contribution in [0.1, 0.15) is 39.8 Å². The molecule has 2 aromatic rings. The van der Waals surface area contributed by atoms with E-state index in [0.717, 1.165) is 23.1 Å². The van der Waals surface area contributed by atoms with Crippen molar-refractivity contribution < 1.29 is 27.2 Å². The van der Waals surface area contributed by atoms with E-state index < -0.39 is 47.9 Å². The van der Waals surface area contributed by atoms with Gasteiger partial charge in [-0.1, -0.05) is 6.07 Å². The summed E-state index contributed by atoms with van der Waals surface area (Å²) < 4.78 is 57.0. The van der Waals surface area contributed by atoms with Crippen LogP contribution in [0.25, 0.3) is 0 Å². The summed E-state index contributed by atoms with van der Waals surface area (Å²) in [7, 11) is 0. The van der Waals surface area contributed by atoms with Gasteiger partial charge in [-0.25, -0.2) is 27.5 Å². The molecule has 1 saturated heterocycles. The summed E-state index contributed by atoms with van der Waals surface area (Å²) in [6.45, 7) is 0.558. The van der Waals surface area contributed by atoms with E-state index in [2.05, 4.69) is 9.97 Å². The summed E-state index contributed by atoms with van der Waals surface area (Å²) in [6, 6.07) is 3.17. The van der Waals surface area contributed by atoms with Crippen LogP contribution in [0.5, 0.6) is 0 Å². The Labute approximate surface area is 158 Å². The number of rotatable bonds is 4. The molecule has 1 aromatic carbocycles. The first-order valence-corrected chi connectivity index (χ1v) is 8.60. The molecule has 1 aliphatic heterocycles. The van der Waals surface area contributed by atoms with Crippen LogP contribution >= 0.6 is 0 Å². The van der Waals surface area contributed by atoms with E-state index in [1.54, 1.807) is 0 Å². The fraction of sp³-hybridized carbons (Fsp3) is 0.368. The van der Waals surface area contributed by atoms with E-state index in [-0.39, 0.29) is 30.0 Å². The lowest BCUT2D eigenvalue weighted by Gasteiger charge is -2.38. The molecule has 1 unspecified atom stereocenters. The lowest BCUT2D eigenvalue weighted by molar-refractivity contribution is -0.143. The van der Waals surface area contributed by atoms with Crippen molar-refractivity contribution in [1.29, 1.82) is 0 Å². The molecule has 3 rings (SSSR count). The zero-order chi connectivity index (χ0) is 20.5. The molecule has 1 aromatic heterocycles. The van der Waals surface area contributed by atoms with E-state index in [4.69, 9.17) is 0 Å². The van der Waals surface area contributed by atoms with Gasteiger partial charge < -0.3 is 4.90 Å². The summed E-state index contributed by atoms with van der Waals surface area (Å²) in [6.07, 6.45) is 0.823. The number of carbonyl (C=O) groups is 2. The maximum absolute atomic E-state index is 14.8. The predicted octanol–water partition coefficient (Wildman–Crippen LogP) is 3.07. The second kappa shape index (κ2) is 7.65. The summed E-state index contributed by atoms with van der Waals surface area (Å²) in [5, 5.41) is 0. The summed E-state index contributed by atoms with van der Waals surface area (Å²) in [5.41, 5.74) is -0.532. The van der Waals surface area contributed by atoms with E-state index in [1.165, 1.54) is 13.1 Å². The van der Waals surface area contributed by atoms with Gasteiger partial charge in [0.2, 0.25) is 5.91 Å². The molecule has 0 aliphatic carbocycles. The van der Waals surface area contributed by atoms with Gasteiger partial charge in [-0.3, -0.25) is 9.59 Å². The Balaban J connectivity index is 1.79. The van der Waals surface area contributed by atoms with Crippen LogP contribution < -0.4 is 0 Å². The lowest BCUT2D eigenvalue weighted by Crippen LogP contribution is -2.50. The molecule has 0 spiro atoms. The van der Waals surface area contributed by atoms with E-state index in [0.29, 0.717) is 6.29 Å². The molecule has 1 atom stereocenters. The van der Waals surface area contributed by atoms with Crippen LogP contribution in [0.2, 0.25) is 0 Å². The molecule has 1 fully saturated rings. The first-order valence-electron chi connectivity index (χ1n) is 8.60. The fourth-order valence-corrected chi connectivity index (χ4v) is 3.32. The molecule has 28 heavy (non-hydrogen) atoms. The summed E-state index contributed by atoms with van der Waals surface area (Å²) in [4.78, 5) is 32.3. The van der Waals surface area contributed by atoms with Crippen molar-refractivity contribution in [1.82, 2.24) is 14.9 Å². The highest BCUT2D eigenvalue weighted by atomic mass is 19.3. The van der Waals surface area contributed by atoms with Gasteiger partial charge in [-0.2, -0.15) is 0 Å². The second-order valence-corrected chi connectivity index (χ2v) is 6.67. The van der Waals surface area contributed by atoms with Gasteiger partial charge in [0, 0.05) is 18.3 Å². The van der Waals surface area contributed by atoms with Crippen LogP contribution in [0, 0.1) is 18.6 Å². The Morgan fingerprint density at radius 3 is 2.61 bits per heavy atom. The van der Waals surface area contributed by atoms with Crippen molar-refractivity contribution in [3.8, 4) is 0 Å². The zero-order valence-electron chi connectivity index (χ0n) is 15.0. The van der Waals surface area contributed by atoms with Crippen molar-refractivity contribution in [3.05, 3.63) is 58.7 Å². The highest BCUT2D eigenvalue weighted by molar-refractivity contribution is 5.79. The first-order chi connectivity index (χ1) is 13.2. The molecule has 9 heteroatoms. The van der Waals surface area contributed by atoms with Gasteiger partial charge in [0.15, 0.2) is 6.29 Å². The average molecular weight is 395 g/mol. The van der Waals surface area contributed by atoms with Gasteiger partial charge >= 0.3 is 0 Å². The Hall–Kier alpha value is -2.84. The second-order valence-electron chi connectivity index (χ2n) is 6.67. The highest BCUT2D eigenvalue weighted by Crippen LogP contribution is 2.40. The molecular formula is C19H17F4N3O2. The number of halogens is 4. The minimum atomic E-state index is -3.36. The van der Waals surface area contributed by atoms with Crippen LogP contribution in [0.4, 0.5) is 17.6 Å². The fourth-order valence-electron chi connectivity index (χ4n) is 3.32. The predicted molar refractivity (Wildman–Crippen MR) is 91.1 cm³/mol. The third-order valence-corrected chi connectivity index (χ3v) is 4.77. The van der Waals surface area contributed by atoms with Gasteiger partial charge in [-0.05, 0) is 25.5 Å². The van der Waals surface area contributed by atoms with Crippen molar-refractivity contribution in [2.24, 2.45) is 0 Å². The van der Waals surface area contributed by atoms with E-state index in [1.807, 2.05) is 0 Å². The van der Waals surface area contributed by atoms with Gasteiger partial charge in [0.1, 0.15) is 17.5 Å². The first kappa shape index (κ1) is 19.9. The molecule has 0 N–H and O–H groups in total. The molecular weight excluding hydrogens is 378 g/mol. The third kappa shape index (κ3) is 3.88. The lowest BCUT2D eigenvalue weighted by atomic mass is 9.87. The largest absolute Gasteiger partial charge is 0.336 e. The quantitative estimate of drug-likeness (QED) is 0.590. The SMILES string of the molecule is Cc1ncc(C=O)c(C2CCN(C(=O)Cc3c(F)cccc3F)CC2(F)F)n1. The Morgan fingerprint density at radius 1 is 1.32 bits per heavy atom. The number of aryl methyl sites for hydroxylation is 1. The van der Waals surface area contributed by atoms with Gasteiger partial charge in [0.25, 0.3) is 5.92 Å². The normalized spacial score (nSPS) is 18.8. The molecule has 0 saturated carbocycles. The number of nitrogens with zero attached hydrogens (tertiary/aromatic N) is 3. The summed E-state index contributed by atoms with van der Waals surface area (Å²) >= 11 is 0. The smallest absolute Gasteiger partial charge is 0.273 e. The molecule has 1 aliphatic rings. The average Bonchev–Trinajstić information content (AvgIpc) is 2.64. The monoisotopic (exact) mass is 395 g/mol. The minimum absolute atomic E-state index is 0.0246. The minimum Gasteiger partial charge on any atom is -0.336 e. The zero-order valence-corrected chi connectivity index (χ0v) is 15.0. The molecule has 5 nitrogen and oxygen atoms in total. The van der Waals surface area contributed by atoms with E-state index >= 15 is 0 Å². The third-order valence-electron chi connectivity index (χ3n) is 4.77. The van der Waals surface area contributed by atoms with Crippen LogP contribution in [-0.2, 0) is 11.2 Å². The van der Waals surface area contributed by atoms with Crippen molar-refractivity contribution in [2.75, 3.05) is 13.1 Å². The Kier molecular flexibility index (Phi) is 5.44. The number of aldehydes is 1. The number of carbonyl (C=O) groups excluding carboxylic acids is 2. The number of piperidine rings is 1. The number of benzene rings is 1. The molecule has 0 bridgehead atoms. The van der Waals surface area contributed by atoms with Crippen molar-refractivity contribution >= 4 is 12.2 Å². The number of hydrogen-bond donors (Lipinski definition) is 0. The molecule has 148 valence electrons. The molecule has 0 radical (unpaired) electrons. The van der Waals surface area contributed by atoms with Crippen molar-refractivity contribution in [3.63, 3.8) is 0 Å². The maximum Gasteiger partial charge on any atom is 0.273 e. The van der Waals surface area contributed by atoms with Crippen LogP contribution in [-0.4, -0.2) is 46.1 Å². The number of aromatic nitrogens is 2. The Bertz CT molecular complexity index is 900. The van der Waals surface area contributed by atoms with Gasteiger partial charge in [0.05, 0.1) is 30.1 Å². The number of alkyl halides is 2. The van der Waals surface area contributed by atoms with Crippen molar-refractivity contribution in [2.45, 2.75) is 31.6 Å². The summed E-state index contributed by atoms with van der Waals surface area (Å²) in [5.74, 6) is -7.06. The maximum atomic E-state index is 14.8.